The Bertz CT molecular complexity index is 474. The van der Waals surface area contributed by atoms with Crippen molar-refractivity contribution in [3.63, 3.8) is 0 Å². The maximum absolute atomic E-state index is 11.7. The van der Waals surface area contributed by atoms with Gasteiger partial charge in [0.1, 0.15) is 0 Å². The number of benzene rings is 1. The molecule has 0 aromatic heterocycles. The fraction of sp³-hybridized carbons (Fsp3) is 0.333. The third-order valence-corrected chi connectivity index (χ3v) is 3.18. The Morgan fingerprint density at radius 1 is 1.39 bits per heavy atom. The summed E-state index contributed by atoms with van der Waals surface area (Å²) >= 11 is 3.13. The first-order valence-electron chi connectivity index (χ1n) is 5.42. The van der Waals surface area contributed by atoms with Gasteiger partial charge in [0.15, 0.2) is 0 Å². The lowest BCUT2D eigenvalue weighted by Crippen LogP contribution is -2.39. The Kier molecular flexibility index (Phi) is 4.86. The molecule has 0 saturated carbocycles. The zero-order chi connectivity index (χ0) is 13.9. The summed E-state index contributed by atoms with van der Waals surface area (Å²) in [6.45, 7) is 3.68. The molecule has 0 aliphatic carbocycles. The average molecular weight is 315 g/mol. The number of carbonyl (C=O) groups is 2. The number of anilines is 1. The minimum atomic E-state index is -1.06. The molecule has 98 valence electrons. The monoisotopic (exact) mass is 314 g/mol. The van der Waals surface area contributed by atoms with Crippen molar-refractivity contribution in [2.24, 2.45) is 11.7 Å². The summed E-state index contributed by atoms with van der Waals surface area (Å²) in [5, 5.41) is 11.6. The van der Waals surface area contributed by atoms with Crippen LogP contribution in [0.4, 0.5) is 5.69 Å². The van der Waals surface area contributed by atoms with E-state index < -0.39 is 12.0 Å². The molecule has 18 heavy (non-hydrogen) atoms. The highest BCUT2D eigenvalue weighted by atomic mass is 79.9. The number of rotatable bonds is 4. The van der Waals surface area contributed by atoms with E-state index in [0.717, 1.165) is 0 Å². The Hall–Kier alpha value is -1.40. The number of hydrogen-bond donors (Lipinski definition) is 3. The lowest BCUT2D eigenvalue weighted by atomic mass is 10.0. The molecule has 0 heterocycles. The van der Waals surface area contributed by atoms with Crippen LogP contribution in [0.1, 0.15) is 24.2 Å². The van der Waals surface area contributed by atoms with Crippen LogP contribution in [0.5, 0.6) is 0 Å². The van der Waals surface area contributed by atoms with E-state index in [2.05, 4.69) is 21.2 Å². The highest BCUT2D eigenvalue weighted by Gasteiger charge is 2.18. The number of carbonyl (C=O) groups excluding carboxylic acids is 1. The molecule has 0 bridgehead atoms. The van der Waals surface area contributed by atoms with Crippen molar-refractivity contribution in [3.05, 3.63) is 28.2 Å². The second kappa shape index (κ2) is 5.97. The van der Waals surface area contributed by atoms with Crippen molar-refractivity contribution < 1.29 is 14.7 Å². The molecule has 1 atom stereocenters. The molecule has 0 spiro atoms. The number of hydrogen-bond acceptors (Lipinski definition) is 3. The Morgan fingerprint density at radius 3 is 2.50 bits per heavy atom. The van der Waals surface area contributed by atoms with Crippen molar-refractivity contribution in [2.45, 2.75) is 19.9 Å². The molecule has 5 nitrogen and oxygen atoms in total. The molecule has 1 amide bonds. The second-order valence-electron chi connectivity index (χ2n) is 4.26. The zero-order valence-corrected chi connectivity index (χ0v) is 11.7. The molecule has 1 rings (SSSR count). The van der Waals surface area contributed by atoms with Crippen molar-refractivity contribution in [1.29, 1.82) is 0 Å². The van der Waals surface area contributed by atoms with Gasteiger partial charge in [0.05, 0.1) is 11.6 Å². The first-order valence-corrected chi connectivity index (χ1v) is 6.21. The maximum Gasteiger partial charge on any atom is 0.336 e. The van der Waals surface area contributed by atoms with Gasteiger partial charge in [-0.15, -0.1) is 0 Å². The Morgan fingerprint density at radius 2 is 2.00 bits per heavy atom. The summed E-state index contributed by atoms with van der Waals surface area (Å²) in [4.78, 5) is 22.7. The number of halogens is 1. The molecular formula is C12H15BrN2O3. The smallest absolute Gasteiger partial charge is 0.336 e. The third-order valence-electron chi connectivity index (χ3n) is 2.49. The van der Waals surface area contributed by atoms with E-state index in [1.807, 2.05) is 13.8 Å². The van der Waals surface area contributed by atoms with Gasteiger partial charge in [-0.05, 0) is 40.0 Å². The summed E-state index contributed by atoms with van der Waals surface area (Å²) in [6, 6.07) is 3.95. The van der Waals surface area contributed by atoms with E-state index in [1.165, 1.54) is 6.07 Å². The van der Waals surface area contributed by atoms with Crippen molar-refractivity contribution >= 4 is 33.5 Å². The number of nitrogens with one attached hydrogen (secondary N) is 1. The summed E-state index contributed by atoms with van der Waals surface area (Å²) in [5.41, 5.74) is 6.20. The predicted molar refractivity (Wildman–Crippen MR) is 72.5 cm³/mol. The third kappa shape index (κ3) is 3.54. The first-order chi connectivity index (χ1) is 8.32. The quantitative estimate of drug-likeness (QED) is 0.793. The van der Waals surface area contributed by atoms with Crippen LogP contribution in [-0.4, -0.2) is 23.0 Å². The van der Waals surface area contributed by atoms with Crippen LogP contribution >= 0.6 is 15.9 Å². The molecule has 0 saturated heterocycles. The van der Waals surface area contributed by atoms with E-state index in [0.29, 0.717) is 10.2 Å². The van der Waals surface area contributed by atoms with E-state index in [4.69, 9.17) is 10.8 Å². The van der Waals surface area contributed by atoms with Crippen molar-refractivity contribution in [3.8, 4) is 0 Å². The molecule has 0 fully saturated rings. The highest BCUT2D eigenvalue weighted by molar-refractivity contribution is 9.10. The summed E-state index contributed by atoms with van der Waals surface area (Å²) in [5.74, 6) is -1.38. The summed E-state index contributed by atoms with van der Waals surface area (Å²) in [6.07, 6.45) is 0. The van der Waals surface area contributed by atoms with E-state index in [9.17, 15) is 9.59 Å². The molecule has 0 aliphatic rings. The maximum atomic E-state index is 11.7. The lowest BCUT2D eigenvalue weighted by molar-refractivity contribution is -0.118. The minimum absolute atomic E-state index is 0.0133. The van der Waals surface area contributed by atoms with Crippen LogP contribution in [0.2, 0.25) is 0 Å². The molecule has 4 N–H and O–H groups in total. The van der Waals surface area contributed by atoms with Gasteiger partial charge in [-0.1, -0.05) is 13.8 Å². The van der Waals surface area contributed by atoms with Crippen LogP contribution in [0.3, 0.4) is 0 Å². The minimum Gasteiger partial charge on any atom is -0.478 e. The van der Waals surface area contributed by atoms with Gasteiger partial charge in [-0.25, -0.2) is 4.79 Å². The predicted octanol–water partition coefficient (Wildman–Crippen LogP) is 2.07. The average Bonchev–Trinajstić information content (AvgIpc) is 2.29. The Balaban J connectivity index is 2.89. The number of carboxylic acid groups (broad SMARTS) is 1. The van der Waals surface area contributed by atoms with Crippen LogP contribution < -0.4 is 11.1 Å². The van der Waals surface area contributed by atoms with Gasteiger partial charge in [0.25, 0.3) is 0 Å². The molecule has 1 aromatic rings. The van der Waals surface area contributed by atoms with Crippen molar-refractivity contribution in [1.82, 2.24) is 0 Å². The van der Waals surface area contributed by atoms with Crippen molar-refractivity contribution in [2.75, 3.05) is 5.32 Å². The number of carboxylic acids is 1. The van der Waals surface area contributed by atoms with E-state index in [1.54, 1.807) is 12.1 Å². The largest absolute Gasteiger partial charge is 0.478 e. The first kappa shape index (κ1) is 14.7. The number of amides is 1. The molecule has 6 heteroatoms. The molecule has 0 unspecified atom stereocenters. The molecule has 0 radical (unpaired) electrons. The van der Waals surface area contributed by atoms with E-state index in [-0.39, 0.29) is 17.4 Å². The SMILES string of the molecule is CC(C)[C@@H](N)C(=O)Nc1ccc(Br)c(C(=O)O)c1. The molecule has 0 aliphatic heterocycles. The van der Waals surface area contributed by atoms with E-state index >= 15 is 0 Å². The van der Waals surface area contributed by atoms with Gasteiger partial charge in [-0.3, -0.25) is 4.79 Å². The lowest BCUT2D eigenvalue weighted by Gasteiger charge is -2.15. The van der Waals surface area contributed by atoms with Crippen LogP contribution in [-0.2, 0) is 4.79 Å². The summed E-state index contributed by atoms with van der Waals surface area (Å²) < 4.78 is 0.459. The van der Waals surface area contributed by atoms with Crippen LogP contribution in [0, 0.1) is 5.92 Å². The van der Waals surface area contributed by atoms with Gasteiger partial charge >= 0.3 is 5.97 Å². The number of aromatic carboxylic acids is 1. The molecular weight excluding hydrogens is 300 g/mol. The van der Waals surface area contributed by atoms with Gasteiger partial charge in [0.2, 0.25) is 5.91 Å². The summed E-state index contributed by atoms with van der Waals surface area (Å²) in [7, 11) is 0. The topological polar surface area (TPSA) is 92.4 Å². The van der Waals surface area contributed by atoms with Gasteiger partial charge in [0, 0.05) is 10.2 Å². The highest BCUT2D eigenvalue weighted by Crippen LogP contribution is 2.21. The standard InChI is InChI=1S/C12H15BrN2O3/c1-6(2)10(14)11(16)15-7-3-4-9(13)8(5-7)12(17)18/h3-6,10H,14H2,1-2H3,(H,15,16)(H,17,18)/t10-/m1/s1. The number of nitrogens with two attached hydrogens (primary N) is 1. The molecule has 1 aromatic carbocycles. The fourth-order valence-electron chi connectivity index (χ4n) is 1.30. The van der Waals surface area contributed by atoms with Gasteiger partial charge in [-0.2, -0.15) is 0 Å². The van der Waals surface area contributed by atoms with Crippen LogP contribution in [0.25, 0.3) is 0 Å². The van der Waals surface area contributed by atoms with Crippen LogP contribution in [0.15, 0.2) is 22.7 Å². The van der Waals surface area contributed by atoms with Gasteiger partial charge < -0.3 is 16.2 Å². The normalized spacial score (nSPS) is 12.3. The second-order valence-corrected chi connectivity index (χ2v) is 5.11. The fourth-order valence-corrected chi connectivity index (χ4v) is 1.71. The Labute approximate surface area is 113 Å². The zero-order valence-electron chi connectivity index (χ0n) is 10.1.